The van der Waals surface area contributed by atoms with E-state index in [1.165, 1.54) is 0 Å². The van der Waals surface area contributed by atoms with Gasteiger partial charge in [-0.2, -0.15) is 0 Å². The number of pyridine rings is 1. The molecule has 0 radical (unpaired) electrons. The molecule has 8 rings (SSSR count). The number of aromatic nitrogens is 1. The summed E-state index contributed by atoms with van der Waals surface area (Å²) in [7, 11) is -3.06. The lowest BCUT2D eigenvalue weighted by atomic mass is 9.97. The average molecular weight is 572 g/mol. The smallest absolute Gasteiger partial charge is 0.171 e. The maximum absolute atomic E-state index is 14.9. The highest BCUT2D eigenvalue weighted by Crippen LogP contribution is 2.44. The Morgan fingerprint density at radius 3 is 1.72 bits per heavy atom. The van der Waals surface area contributed by atoms with E-state index in [-0.39, 0.29) is 0 Å². The van der Waals surface area contributed by atoms with Gasteiger partial charge in [-0.15, -0.1) is 0 Å². The molecule has 2 aromatic heterocycles. The second-order valence-electron chi connectivity index (χ2n) is 10.7. The van der Waals surface area contributed by atoms with Crippen molar-refractivity contribution in [3.05, 3.63) is 158 Å². The first-order chi connectivity index (χ1) is 21.2. The van der Waals surface area contributed by atoms with Crippen LogP contribution in [0.1, 0.15) is 0 Å². The van der Waals surface area contributed by atoms with E-state index in [2.05, 4.69) is 48.5 Å². The molecule has 6 aromatic carbocycles. The van der Waals surface area contributed by atoms with Crippen LogP contribution in [0.25, 0.3) is 55.2 Å². The van der Waals surface area contributed by atoms with Crippen molar-refractivity contribution in [2.45, 2.75) is 0 Å². The Bertz CT molecular complexity index is 2250. The van der Waals surface area contributed by atoms with Gasteiger partial charge < -0.3 is 8.98 Å². The Labute approximate surface area is 249 Å². The van der Waals surface area contributed by atoms with Crippen molar-refractivity contribution in [1.82, 2.24) is 4.98 Å². The Morgan fingerprint density at radius 1 is 0.488 bits per heavy atom. The molecule has 43 heavy (non-hydrogen) atoms. The van der Waals surface area contributed by atoms with Crippen LogP contribution in [0.2, 0.25) is 0 Å². The first kappa shape index (κ1) is 25.5. The molecule has 0 aliphatic carbocycles. The van der Waals surface area contributed by atoms with Crippen LogP contribution >= 0.6 is 7.14 Å². The second kappa shape index (κ2) is 10.2. The molecule has 0 atom stereocenters. The molecule has 4 heteroatoms. The van der Waals surface area contributed by atoms with Crippen LogP contribution < -0.4 is 15.9 Å². The minimum absolute atomic E-state index is 0.791. The molecule has 204 valence electrons. The molecule has 3 nitrogen and oxygen atoms in total. The van der Waals surface area contributed by atoms with Crippen molar-refractivity contribution in [3.63, 3.8) is 0 Å². The average Bonchev–Trinajstić information content (AvgIpc) is 3.49. The van der Waals surface area contributed by atoms with Crippen LogP contribution in [-0.4, -0.2) is 4.98 Å². The number of nitrogens with zero attached hydrogens (tertiary/aromatic N) is 1. The lowest BCUT2D eigenvalue weighted by Crippen LogP contribution is -2.24. The van der Waals surface area contributed by atoms with Gasteiger partial charge in [0.2, 0.25) is 0 Å². The van der Waals surface area contributed by atoms with Crippen molar-refractivity contribution in [1.29, 1.82) is 0 Å². The lowest BCUT2D eigenvalue weighted by molar-refractivity contribution is 0.592. The summed E-state index contributed by atoms with van der Waals surface area (Å²) in [5.74, 6) is 0. The summed E-state index contributed by atoms with van der Waals surface area (Å²) >= 11 is 0. The molecule has 0 saturated heterocycles. The number of fused-ring (bicyclic) bond motifs is 5. The maximum atomic E-state index is 14.9. The fourth-order valence-corrected chi connectivity index (χ4v) is 8.75. The first-order valence-electron chi connectivity index (χ1n) is 14.3. The number of furan rings is 1. The topological polar surface area (TPSA) is 43.1 Å². The van der Waals surface area contributed by atoms with Gasteiger partial charge in [0.25, 0.3) is 0 Å². The minimum Gasteiger partial charge on any atom is -0.454 e. The van der Waals surface area contributed by atoms with Crippen molar-refractivity contribution < 1.29 is 8.98 Å². The quantitative estimate of drug-likeness (QED) is 0.194. The first-order valence-corrected chi connectivity index (χ1v) is 16.0. The molecule has 2 heterocycles. The molecule has 0 fully saturated rings. The van der Waals surface area contributed by atoms with Gasteiger partial charge >= 0.3 is 0 Å². The highest BCUT2D eigenvalue weighted by atomic mass is 31.2. The third-order valence-corrected chi connectivity index (χ3v) is 11.2. The summed E-state index contributed by atoms with van der Waals surface area (Å²) in [6.45, 7) is 0. The number of rotatable bonds is 5. The summed E-state index contributed by atoms with van der Waals surface area (Å²) in [6.07, 6.45) is 0. The van der Waals surface area contributed by atoms with Crippen LogP contribution in [0.4, 0.5) is 0 Å². The fraction of sp³-hybridized carbons (Fsp3) is 0. The highest BCUT2D eigenvalue weighted by molar-refractivity contribution is 7.85. The molecule has 0 bridgehead atoms. The van der Waals surface area contributed by atoms with E-state index in [1.807, 2.05) is 109 Å². The Hall–Kier alpha value is -5.24. The molecule has 0 spiro atoms. The van der Waals surface area contributed by atoms with Gasteiger partial charge in [0.15, 0.2) is 12.7 Å². The summed E-state index contributed by atoms with van der Waals surface area (Å²) in [5, 5.41) is 5.62. The number of para-hydroxylation sites is 2. The molecular formula is C39H26NO2P. The molecule has 0 saturated carbocycles. The van der Waals surface area contributed by atoms with Crippen LogP contribution in [0.15, 0.2) is 162 Å². The Balaban J connectivity index is 1.35. The largest absolute Gasteiger partial charge is 0.454 e. The summed E-state index contributed by atoms with van der Waals surface area (Å²) in [6, 6.07) is 52.4. The van der Waals surface area contributed by atoms with Gasteiger partial charge in [-0.25, -0.2) is 4.98 Å². The Morgan fingerprint density at radius 2 is 1.05 bits per heavy atom. The normalized spacial score (nSPS) is 11.8. The number of benzene rings is 6. The van der Waals surface area contributed by atoms with Gasteiger partial charge in [-0.1, -0.05) is 152 Å². The van der Waals surface area contributed by atoms with E-state index >= 15 is 0 Å². The summed E-state index contributed by atoms with van der Waals surface area (Å²) < 4.78 is 21.3. The molecule has 0 aliphatic rings. The highest BCUT2D eigenvalue weighted by Gasteiger charge is 2.29. The van der Waals surface area contributed by atoms with Gasteiger partial charge in [0.1, 0.15) is 11.3 Å². The van der Waals surface area contributed by atoms with Gasteiger partial charge in [-0.05, 0) is 11.6 Å². The number of hydrogen-bond acceptors (Lipinski definition) is 3. The van der Waals surface area contributed by atoms with Crippen molar-refractivity contribution in [2.24, 2.45) is 0 Å². The second-order valence-corrected chi connectivity index (χ2v) is 13.4. The zero-order chi connectivity index (χ0) is 28.8. The summed E-state index contributed by atoms with van der Waals surface area (Å²) in [5.41, 5.74) is 6.40. The van der Waals surface area contributed by atoms with E-state index in [9.17, 15) is 4.57 Å². The molecule has 0 N–H and O–H groups in total. The van der Waals surface area contributed by atoms with Crippen molar-refractivity contribution in [3.8, 4) is 22.4 Å². The third kappa shape index (κ3) is 4.13. The van der Waals surface area contributed by atoms with Gasteiger partial charge in [-0.3, -0.25) is 0 Å². The Kier molecular flexibility index (Phi) is 6.06. The molecule has 0 aliphatic heterocycles. The van der Waals surface area contributed by atoms with E-state index < -0.39 is 7.14 Å². The molecule has 0 unspecified atom stereocenters. The molecule has 8 aromatic rings. The fourth-order valence-electron chi connectivity index (χ4n) is 6.11. The number of hydrogen-bond donors (Lipinski definition) is 0. The minimum atomic E-state index is -3.06. The lowest BCUT2D eigenvalue weighted by Gasteiger charge is -2.20. The molecule has 0 amide bonds. The van der Waals surface area contributed by atoms with E-state index in [4.69, 9.17) is 9.40 Å². The predicted molar refractivity (Wildman–Crippen MR) is 179 cm³/mol. The SMILES string of the molecule is O=P(c1ccccc1)(c1ccccc1)c1ccc(-c2cccc3c2nc(-c2ccccc2)c2oc4ccccc4c23)cc1. The van der Waals surface area contributed by atoms with Crippen molar-refractivity contribution >= 4 is 55.9 Å². The van der Waals surface area contributed by atoms with E-state index in [0.717, 1.165) is 71.1 Å². The zero-order valence-electron chi connectivity index (χ0n) is 23.2. The predicted octanol–water partition coefficient (Wildman–Crippen LogP) is 9.11. The van der Waals surface area contributed by atoms with Crippen LogP contribution in [0, 0.1) is 0 Å². The molecular weight excluding hydrogens is 545 g/mol. The van der Waals surface area contributed by atoms with E-state index in [1.54, 1.807) is 0 Å². The van der Waals surface area contributed by atoms with Crippen LogP contribution in [0.5, 0.6) is 0 Å². The third-order valence-electron chi connectivity index (χ3n) is 8.17. The van der Waals surface area contributed by atoms with Crippen LogP contribution in [-0.2, 0) is 4.57 Å². The monoisotopic (exact) mass is 571 g/mol. The zero-order valence-corrected chi connectivity index (χ0v) is 24.1. The van der Waals surface area contributed by atoms with E-state index in [0.29, 0.717) is 0 Å². The summed E-state index contributed by atoms with van der Waals surface area (Å²) in [4.78, 5) is 5.26. The standard InChI is InChI=1S/C39H26NO2P/c41-43(29-15-6-2-7-16-29,30-17-8-3-9-18-30)31-25-23-27(24-26-31)32-20-12-21-34-36-33-19-10-11-22-35(33)42-39(36)37(40-38(32)34)28-13-4-1-5-14-28/h1-26H. The van der Waals surface area contributed by atoms with Gasteiger partial charge in [0.05, 0.1) is 5.52 Å². The van der Waals surface area contributed by atoms with Gasteiger partial charge in [0, 0.05) is 43.2 Å². The van der Waals surface area contributed by atoms with Crippen molar-refractivity contribution in [2.75, 3.05) is 0 Å². The van der Waals surface area contributed by atoms with Crippen LogP contribution in [0.3, 0.4) is 0 Å². The maximum Gasteiger partial charge on any atom is 0.171 e.